The van der Waals surface area contributed by atoms with Crippen molar-refractivity contribution < 1.29 is 0 Å². The van der Waals surface area contributed by atoms with Crippen molar-refractivity contribution in [2.75, 3.05) is 6.26 Å². The number of hydrogen-bond acceptors (Lipinski definition) is 1. The largest absolute Gasteiger partial charge is 0.130 e. The zero-order chi connectivity index (χ0) is 17.6. The molecule has 0 aliphatic rings. The minimum absolute atomic E-state index is 1.28. The monoisotopic (exact) mass is 360 g/mol. The van der Waals surface area contributed by atoms with Crippen molar-refractivity contribution in [1.82, 2.24) is 0 Å². The molecule has 0 nitrogen and oxygen atoms in total. The van der Waals surface area contributed by atoms with Gasteiger partial charge in [-0.1, -0.05) is 88.8 Å². The van der Waals surface area contributed by atoms with Gasteiger partial charge in [-0.05, 0) is 43.0 Å². The van der Waals surface area contributed by atoms with Crippen molar-refractivity contribution >= 4 is 37.0 Å². The van der Waals surface area contributed by atoms with Gasteiger partial charge in [-0.25, -0.2) is 0 Å². The fourth-order valence-electron chi connectivity index (χ4n) is 3.27. The topological polar surface area (TPSA) is 0 Å². The molecule has 0 fully saturated rings. The molecule has 3 rings (SSSR count). The van der Waals surface area contributed by atoms with Gasteiger partial charge in [0.05, 0.1) is 0 Å². The second-order valence-corrected chi connectivity index (χ2v) is 9.79. The summed E-state index contributed by atoms with van der Waals surface area (Å²) in [5.41, 5.74) is 6.56. The van der Waals surface area contributed by atoms with Crippen LogP contribution in [0.15, 0.2) is 83.4 Å². The molecule has 3 aromatic carbocycles. The molecule has 1 atom stereocenters. The molecule has 0 saturated carbocycles. The number of thioether (sulfide) groups is 1. The van der Waals surface area contributed by atoms with Gasteiger partial charge in [0.1, 0.15) is 8.80 Å². The normalized spacial score (nSPS) is 12.4. The predicted molar refractivity (Wildman–Crippen MR) is 116 cm³/mol. The van der Waals surface area contributed by atoms with Crippen molar-refractivity contribution in [3.63, 3.8) is 0 Å². The summed E-state index contributed by atoms with van der Waals surface area (Å²) in [6.45, 7) is 4.48. The van der Waals surface area contributed by atoms with Crippen LogP contribution in [0.5, 0.6) is 0 Å². The van der Waals surface area contributed by atoms with Gasteiger partial charge >= 0.3 is 0 Å². The summed E-state index contributed by atoms with van der Waals surface area (Å²) in [5, 5.41) is 3.02. The van der Waals surface area contributed by atoms with Gasteiger partial charge < -0.3 is 0 Å². The highest BCUT2D eigenvalue weighted by molar-refractivity contribution is 7.98. The molecule has 2 heteroatoms. The van der Waals surface area contributed by atoms with Gasteiger partial charge in [0, 0.05) is 4.90 Å². The number of benzene rings is 3. The Morgan fingerprint density at radius 3 is 2.00 bits per heavy atom. The molecule has 3 aromatic rings. The molecule has 0 radical (unpaired) electrons. The molecule has 0 unspecified atom stereocenters. The predicted octanol–water partition coefficient (Wildman–Crippen LogP) is 4.62. The number of aryl methyl sites for hydroxylation is 2. The van der Waals surface area contributed by atoms with Crippen molar-refractivity contribution in [1.29, 1.82) is 0 Å². The molecule has 126 valence electrons. The van der Waals surface area contributed by atoms with Crippen molar-refractivity contribution in [2.45, 2.75) is 18.7 Å². The molecule has 0 heterocycles. The van der Waals surface area contributed by atoms with E-state index in [-0.39, 0.29) is 0 Å². The summed E-state index contributed by atoms with van der Waals surface area (Å²) >= 11 is 1.78. The van der Waals surface area contributed by atoms with E-state index in [9.17, 15) is 0 Å². The van der Waals surface area contributed by atoms with Gasteiger partial charge in [-0.15, -0.1) is 11.8 Å². The molecular formula is C23H24SSi. The number of rotatable bonds is 5. The van der Waals surface area contributed by atoms with Crippen LogP contribution >= 0.6 is 11.8 Å². The molecule has 0 spiro atoms. The van der Waals surface area contributed by atoms with Crippen LogP contribution in [0.3, 0.4) is 0 Å². The number of hydrogen-bond donors (Lipinski definition) is 0. The average Bonchev–Trinajstić information content (AvgIpc) is 2.65. The summed E-state index contributed by atoms with van der Waals surface area (Å²) in [6, 6.07) is 26.4. The highest BCUT2D eigenvalue weighted by Gasteiger charge is 2.17. The van der Waals surface area contributed by atoms with E-state index in [1.807, 2.05) is 0 Å². The first kappa shape index (κ1) is 17.8. The minimum atomic E-state index is -1.40. The average molecular weight is 361 g/mol. The fraction of sp³-hybridized carbons (Fsp3) is 0.130. The molecule has 0 aromatic heterocycles. The summed E-state index contributed by atoms with van der Waals surface area (Å²) in [6.07, 6.45) is 4.42. The second-order valence-electron chi connectivity index (χ2n) is 6.33. The van der Waals surface area contributed by atoms with Gasteiger partial charge in [0.2, 0.25) is 0 Å². The quantitative estimate of drug-likeness (QED) is 0.473. The molecule has 0 bridgehead atoms. The molecule has 0 N–H and O–H groups in total. The van der Waals surface area contributed by atoms with Crippen LogP contribution in [0, 0.1) is 13.8 Å². The van der Waals surface area contributed by atoms with E-state index in [2.05, 4.69) is 105 Å². The zero-order valence-corrected chi connectivity index (χ0v) is 17.0. The van der Waals surface area contributed by atoms with Gasteiger partial charge in [-0.3, -0.25) is 0 Å². The van der Waals surface area contributed by atoms with E-state index in [0.29, 0.717) is 0 Å². The van der Waals surface area contributed by atoms with Crippen molar-refractivity contribution in [2.24, 2.45) is 0 Å². The molecule has 0 aliphatic heterocycles. The standard InChI is InChI=1S/C23H24SSi/c1-18-8-7-9-19(2)23(18)25(22-10-5-4-6-11-22)17-16-20-12-14-21(24-3)15-13-20/h4-17,25H,1-3H3/b17-16+/t25-/m0/s1. The first-order valence-electron chi connectivity index (χ1n) is 8.62. The van der Waals surface area contributed by atoms with E-state index in [4.69, 9.17) is 0 Å². The molecule has 25 heavy (non-hydrogen) atoms. The smallest absolute Gasteiger partial charge is 0.126 e. The Hall–Kier alpha value is -2.03. The zero-order valence-electron chi connectivity index (χ0n) is 15.1. The van der Waals surface area contributed by atoms with E-state index in [1.165, 1.54) is 26.8 Å². The Morgan fingerprint density at radius 2 is 1.40 bits per heavy atom. The molecule has 0 saturated heterocycles. The fourth-order valence-corrected chi connectivity index (χ4v) is 6.66. The Kier molecular flexibility index (Phi) is 5.95. The maximum Gasteiger partial charge on any atom is 0.126 e. The van der Waals surface area contributed by atoms with Crippen molar-refractivity contribution in [3.05, 3.63) is 95.2 Å². The summed E-state index contributed by atoms with van der Waals surface area (Å²) < 4.78 is 0. The molecular weight excluding hydrogens is 336 g/mol. The van der Waals surface area contributed by atoms with E-state index in [1.54, 1.807) is 16.9 Å². The highest BCUT2D eigenvalue weighted by Crippen LogP contribution is 2.16. The van der Waals surface area contributed by atoms with Gasteiger partial charge in [0.25, 0.3) is 0 Å². The third-order valence-electron chi connectivity index (χ3n) is 4.61. The third-order valence-corrected chi connectivity index (χ3v) is 8.57. The minimum Gasteiger partial charge on any atom is -0.130 e. The summed E-state index contributed by atoms with van der Waals surface area (Å²) in [5.74, 6) is 0. The van der Waals surface area contributed by atoms with E-state index in [0.717, 1.165) is 0 Å². The van der Waals surface area contributed by atoms with Crippen LogP contribution in [0.1, 0.15) is 16.7 Å². The van der Waals surface area contributed by atoms with E-state index >= 15 is 0 Å². The lowest BCUT2D eigenvalue weighted by molar-refractivity contribution is 1.43. The Balaban J connectivity index is 2.01. The Bertz CT molecular complexity index is 831. The van der Waals surface area contributed by atoms with Crippen LogP contribution in [-0.4, -0.2) is 15.1 Å². The molecule has 0 aliphatic carbocycles. The van der Waals surface area contributed by atoms with Gasteiger partial charge in [-0.2, -0.15) is 0 Å². The van der Waals surface area contributed by atoms with Crippen LogP contribution in [-0.2, 0) is 0 Å². The van der Waals surface area contributed by atoms with Crippen molar-refractivity contribution in [3.8, 4) is 0 Å². The Morgan fingerprint density at radius 1 is 0.760 bits per heavy atom. The lowest BCUT2D eigenvalue weighted by Gasteiger charge is -2.18. The van der Waals surface area contributed by atoms with Gasteiger partial charge in [0.15, 0.2) is 0 Å². The van der Waals surface area contributed by atoms with Crippen LogP contribution in [0.25, 0.3) is 6.08 Å². The lowest BCUT2D eigenvalue weighted by Crippen LogP contribution is -2.43. The first-order valence-corrected chi connectivity index (χ1v) is 11.7. The lowest BCUT2D eigenvalue weighted by atomic mass is 10.2. The van der Waals surface area contributed by atoms with Crippen LogP contribution in [0.4, 0.5) is 0 Å². The third kappa shape index (κ3) is 4.33. The maximum absolute atomic E-state index is 2.47. The Labute approximate surface area is 157 Å². The summed E-state index contributed by atoms with van der Waals surface area (Å²) in [7, 11) is -1.40. The maximum atomic E-state index is 2.47. The van der Waals surface area contributed by atoms with E-state index < -0.39 is 8.80 Å². The van der Waals surface area contributed by atoms with Crippen LogP contribution < -0.4 is 10.4 Å². The highest BCUT2D eigenvalue weighted by atomic mass is 32.2. The second kappa shape index (κ2) is 8.37. The summed E-state index contributed by atoms with van der Waals surface area (Å²) in [4.78, 5) is 1.31. The molecule has 0 amide bonds. The van der Waals surface area contributed by atoms with Crippen LogP contribution in [0.2, 0.25) is 0 Å². The first-order chi connectivity index (χ1) is 12.2. The SMILES string of the molecule is CSc1ccc(/C=C/[Si@@H](c2ccccc2)c2c(C)cccc2C)cc1.